The zero-order valence-electron chi connectivity index (χ0n) is 11.9. The molecule has 1 N–H and O–H groups in total. The molecule has 2 aliphatic heterocycles. The molecule has 1 spiro atoms. The molecule has 1 aromatic carbocycles. The summed E-state index contributed by atoms with van der Waals surface area (Å²) in [7, 11) is 0. The van der Waals surface area contributed by atoms with Crippen molar-refractivity contribution in [3.05, 3.63) is 29.6 Å². The first kappa shape index (κ1) is 13.8. The number of ether oxygens (including phenoxy) is 1. The molecule has 20 heavy (non-hydrogen) atoms. The standard InChI is InChI=1S/C16H22FNO2/c1-2-7-18-8-5-16(6-9-18)11-14(19)13-4-3-12(17)10-15(13)20-16/h3-4,10,14,19H,2,5-9,11H2,1H3/t14-/m0/s1. The van der Waals surface area contributed by atoms with Gasteiger partial charge in [0.1, 0.15) is 17.2 Å². The van der Waals surface area contributed by atoms with Crippen molar-refractivity contribution in [3.63, 3.8) is 0 Å². The maximum absolute atomic E-state index is 13.4. The number of aliphatic hydroxyl groups excluding tert-OH is 1. The molecule has 3 rings (SSSR count). The van der Waals surface area contributed by atoms with E-state index in [4.69, 9.17) is 4.74 Å². The minimum Gasteiger partial charge on any atom is -0.487 e. The number of hydrogen-bond donors (Lipinski definition) is 1. The highest BCUT2D eigenvalue weighted by Gasteiger charge is 2.42. The number of rotatable bonds is 2. The van der Waals surface area contributed by atoms with Gasteiger partial charge < -0.3 is 14.7 Å². The fraction of sp³-hybridized carbons (Fsp3) is 0.625. The molecule has 0 saturated carbocycles. The lowest BCUT2D eigenvalue weighted by molar-refractivity contribution is -0.0540. The summed E-state index contributed by atoms with van der Waals surface area (Å²) in [6, 6.07) is 4.42. The molecule has 0 amide bonds. The van der Waals surface area contributed by atoms with E-state index in [1.807, 2.05) is 0 Å². The van der Waals surface area contributed by atoms with Gasteiger partial charge in [0.2, 0.25) is 0 Å². The number of likely N-dealkylation sites (tertiary alicyclic amines) is 1. The van der Waals surface area contributed by atoms with Gasteiger partial charge in [-0.15, -0.1) is 0 Å². The van der Waals surface area contributed by atoms with E-state index < -0.39 is 6.10 Å². The fourth-order valence-electron chi connectivity index (χ4n) is 3.42. The Labute approximate surface area is 119 Å². The summed E-state index contributed by atoms with van der Waals surface area (Å²) in [4.78, 5) is 2.43. The van der Waals surface area contributed by atoms with E-state index in [9.17, 15) is 9.50 Å². The van der Waals surface area contributed by atoms with Crippen molar-refractivity contribution >= 4 is 0 Å². The zero-order chi connectivity index (χ0) is 14.2. The lowest BCUT2D eigenvalue weighted by Crippen LogP contribution is -2.50. The predicted octanol–water partition coefficient (Wildman–Crippen LogP) is 2.89. The molecule has 1 aromatic rings. The summed E-state index contributed by atoms with van der Waals surface area (Å²) in [5.74, 6) is 0.212. The van der Waals surface area contributed by atoms with Crippen LogP contribution in [0.2, 0.25) is 0 Å². The summed E-state index contributed by atoms with van der Waals surface area (Å²) in [5.41, 5.74) is 0.401. The van der Waals surface area contributed by atoms with Crippen LogP contribution in [0.25, 0.3) is 0 Å². The molecule has 1 atom stereocenters. The molecule has 2 heterocycles. The number of fused-ring (bicyclic) bond motifs is 1. The van der Waals surface area contributed by atoms with E-state index in [-0.39, 0.29) is 11.4 Å². The first-order valence-corrected chi connectivity index (χ1v) is 7.51. The Balaban J connectivity index is 1.77. The maximum Gasteiger partial charge on any atom is 0.128 e. The summed E-state index contributed by atoms with van der Waals surface area (Å²) in [6.07, 6.45) is 3.04. The van der Waals surface area contributed by atoms with Crippen molar-refractivity contribution in [3.8, 4) is 5.75 Å². The Bertz CT molecular complexity index is 483. The number of aliphatic hydroxyl groups is 1. The van der Waals surface area contributed by atoms with Crippen LogP contribution in [0.1, 0.15) is 44.3 Å². The third-order valence-electron chi connectivity index (χ3n) is 4.53. The SMILES string of the molecule is CCCN1CCC2(CC1)C[C@H](O)c1ccc(F)cc1O2. The van der Waals surface area contributed by atoms with E-state index in [0.717, 1.165) is 38.9 Å². The van der Waals surface area contributed by atoms with Gasteiger partial charge in [0.25, 0.3) is 0 Å². The number of halogens is 1. The minimum atomic E-state index is -0.544. The largest absolute Gasteiger partial charge is 0.487 e. The van der Waals surface area contributed by atoms with E-state index >= 15 is 0 Å². The van der Waals surface area contributed by atoms with Crippen molar-refractivity contribution in [1.82, 2.24) is 4.90 Å². The van der Waals surface area contributed by atoms with E-state index in [2.05, 4.69) is 11.8 Å². The molecule has 2 aliphatic rings. The fourth-order valence-corrected chi connectivity index (χ4v) is 3.42. The van der Waals surface area contributed by atoms with Crippen molar-refractivity contribution in [1.29, 1.82) is 0 Å². The Morgan fingerprint density at radius 1 is 1.40 bits per heavy atom. The summed E-state index contributed by atoms with van der Waals surface area (Å²) >= 11 is 0. The van der Waals surface area contributed by atoms with E-state index in [1.54, 1.807) is 6.07 Å². The smallest absolute Gasteiger partial charge is 0.128 e. The Kier molecular flexibility index (Phi) is 3.69. The molecular formula is C16H22FNO2. The van der Waals surface area contributed by atoms with Crippen molar-refractivity contribution in [2.75, 3.05) is 19.6 Å². The van der Waals surface area contributed by atoms with Gasteiger partial charge in [-0.25, -0.2) is 4.39 Å². The van der Waals surface area contributed by atoms with Crippen LogP contribution in [-0.2, 0) is 0 Å². The highest BCUT2D eigenvalue weighted by Crippen LogP contribution is 2.44. The number of hydrogen-bond acceptors (Lipinski definition) is 3. The van der Waals surface area contributed by atoms with Gasteiger partial charge in [-0.2, -0.15) is 0 Å². The Morgan fingerprint density at radius 2 is 2.15 bits per heavy atom. The number of benzene rings is 1. The first-order valence-electron chi connectivity index (χ1n) is 7.51. The maximum atomic E-state index is 13.4. The molecular weight excluding hydrogens is 257 g/mol. The van der Waals surface area contributed by atoms with Gasteiger partial charge in [-0.1, -0.05) is 6.92 Å². The normalized spacial score (nSPS) is 25.2. The molecule has 0 unspecified atom stereocenters. The summed E-state index contributed by atoms with van der Waals surface area (Å²) in [6.45, 7) is 5.28. The second-order valence-electron chi connectivity index (χ2n) is 6.03. The minimum absolute atomic E-state index is 0.309. The van der Waals surface area contributed by atoms with Crippen LogP contribution in [0.5, 0.6) is 5.75 Å². The zero-order valence-corrected chi connectivity index (χ0v) is 11.9. The van der Waals surface area contributed by atoms with E-state index in [1.165, 1.54) is 12.1 Å². The van der Waals surface area contributed by atoms with Crippen LogP contribution in [0.4, 0.5) is 4.39 Å². The first-order chi connectivity index (χ1) is 9.62. The van der Waals surface area contributed by atoms with Gasteiger partial charge in [0.05, 0.1) is 6.10 Å². The van der Waals surface area contributed by atoms with Crippen LogP contribution in [0, 0.1) is 5.82 Å². The average molecular weight is 279 g/mol. The second-order valence-corrected chi connectivity index (χ2v) is 6.03. The Morgan fingerprint density at radius 3 is 2.85 bits per heavy atom. The Hall–Kier alpha value is -1.13. The second kappa shape index (κ2) is 5.34. The van der Waals surface area contributed by atoms with Crippen LogP contribution in [0.15, 0.2) is 18.2 Å². The summed E-state index contributed by atoms with van der Waals surface area (Å²) in [5, 5.41) is 10.3. The topological polar surface area (TPSA) is 32.7 Å². The van der Waals surface area contributed by atoms with Crippen LogP contribution < -0.4 is 4.74 Å². The highest BCUT2D eigenvalue weighted by atomic mass is 19.1. The molecule has 0 radical (unpaired) electrons. The van der Waals surface area contributed by atoms with E-state index in [0.29, 0.717) is 17.7 Å². The molecule has 0 bridgehead atoms. The quantitative estimate of drug-likeness (QED) is 0.903. The summed E-state index contributed by atoms with van der Waals surface area (Å²) < 4.78 is 19.5. The van der Waals surface area contributed by atoms with Crippen LogP contribution in [-0.4, -0.2) is 35.2 Å². The number of piperidine rings is 1. The molecule has 1 saturated heterocycles. The highest BCUT2D eigenvalue weighted by molar-refractivity contribution is 5.38. The van der Waals surface area contributed by atoms with Crippen molar-refractivity contribution in [2.24, 2.45) is 0 Å². The van der Waals surface area contributed by atoms with Gasteiger partial charge in [0.15, 0.2) is 0 Å². The van der Waals surface area contributed by atoms with Crippen LogP contribution in [0.3, 0.4) is 0 Å². The van der Waals surface area contributed by atoms with Crippen molar-refractivity contribution < 1.29 is 14.2 Å². The van der Waals surface area contributed by atoms with Gasteiger partial charge in [-0.3, -0.25) is 0 Å². The molecule has 0 aliphatic carbocycles. The average Bonchev–Trinajstić information content (AvgIpc) is 2.41. The molecule has 4 heteroatoms. The number of nitrogens with zero attached hydrogens (tertiary/aromatic N) is 1. The predicted molar refractivity (Wildman–Crippen MR) is 75.3 cm³/mol. The van der Waals surface area contributed by atoms with Gasteiger partial charge >= 0.3 is 0 Å². The van der Waals surface area contributed by atoms with Gasteiger partial charge in [-0.05, 0) is 37.9 Å². The monoisotopic (exact) mass is 279 g/mol. The molecule has 3 nitrogen and oxygen atoms in total. The third-order valence-corrected chi connectivity index (χ3v) is 4.53. The molecule has 1 fully saturated rings. The van der Waals surface area contributed by atoms with Gasteiger partial charge in [0, 0.05) is 31.1 Å². The lowest BCUT2D eigenvalue weighted by atomic mass is 9.81. The van der Waals surface area contributed by atoms with Crippen LogP contribution >= 0.6 is 0 Å². The molecule has 110 valence electrons. The lowest BCUT2D eigenvalue weighted by Gasteiger charge is -2.46. The third kappa shape index (κ3) is 2.54. The van der Waals surface area contributed by atoms with Crippen molar-refractivity contribution in [2.45, 2.75) is 44.3 Å². The molecule has 0 aromatic heterocycles.